The molecule has 0 radical (unpaired) electrons. The maximum Gasteiger partial charge on any atom is 0.224 e. The lowest BCUT2D eigenvalue weighted by Gasteiger charge is -2.36. The van der Waals surface area contributed by atoms with Crippen LogP contribution in [0.5, 0.6) is 0 Å². The average molecular weight is 542 g/mol. The average Bonchev–Trinajstić information content (AvgIpc) is 3.18. The van der Waals surface area contributed by atoms with Crippen LogP contribution in [0, 0.1) is 6.92 Å². The highest BCUT2D eigenvalue weighted by Gasteiger charge is 2.20. The number of para-hydroxylation sites is 1. The summed E-state index contributed by atoms with van der Waals surface area (Å²) >= 11 is 1.66. The largest absolute Gasteiger partial charge is 0.368 e. The fraction of sp³-hybridized carbons (Fsp3) is 0.476. The van der Waals surface area contributed by atoms with Crippen molar-refractivity contribution in [3.8, 4) is 0 Å². The number of aliphatic imine (C=N–C) groups is 1. The van der Waals surface area contributed by atoms with Gasteiger partial charge in [-0.1, -0.05) is 18.2 Å². The Labute approximate surface area is 200 Å². The molecule has 9 heteroatoms. The second-order valence-corrected chi connectivity index (χ2v) is 8.26. The van der Waals surface area contributed by atoms with Crippen molar-refractivity contribution in [1.29, 1.82) is 0 Å². The van der Waals surface area contributed by atoms with E-state index in [1.807, 2.05) is 31.0 Å². The van der Waals surface area contributed by atoms with Crippen LogP contribution in [-0.4, -0.2) is 61.0 Å². The Kier molecular flexibility index (Phi) is 10.4. The Morgan fingerprint density at radius 3 is 2.53 bits per heavy atom. The zero-order valence-electron chi connectivity index (χ0n) is 17.6. The van der Waals surface area contributed by atoms with Gasteiger partial charge in [0.15, 0.2) is 5.96 Å². The van der Waals surface area contributed by atoms with Gasteiger partial charge in [-0.2, -0.15) is 0 Å². The molecule has 1 aromatic heterocycles. The summed E-state index contributed by atoms with van der Waals surface area (Å²) in [4.78, 5) is 26.9. The summed E-state index contributed by atoms with van der Waals surface area (Å²) in [5, 5.41) is 7.47. The quantitative estimate of drug-likeness (QED) is 0.320. The topological polar surface area (TPSA) is 72.9 Å². The van der Waals surface area contributed by atoms with Gasteiger partial charge in [-0.3, -0.25) is 4.79 Å². The van der Waals surface area contributed by atoms with Crippen LogP contribution in [0.15, 0.2) is 41.5 Å². The van der Waals surface area contributed by atoms with E-state index < -0.39 is 0 Å². The second kappa shape index (κ2) is 12.7. The number of carbonyl (C=O) groups excluding carboxylic acids is 1. The molecule has 164 valence electrons. The number of nitrogens with zero attached hydrogens (tertiary/aromatic N) is 4. The summed E-state index contributed by atoms with van der Waals surface area (Å²) in [6.45, 7) is 9.25. The minimum Gasteiger partial charge on any atom is -0.368 e. The molecule has 1 fully saturated rings. The number of hydrogen-bond acceptors (Lipinski definition) is 5. The lowest BCUT2D eigenvalue weighted by molar-refractivity contribution is -0.131. The van der Waals surface area contributed by atoms with Crippen molar-refractivity contribution >= 4 is 52.9 Å². The van der Waals surface area contributed by atoms with E-state index in [0.717, 1.165) is 43.7 Å². The van der Waals surface area contributed by atoms with Gasteiger partial charge in [-0.15, -0.1) is 35.3 Å². The highest BCUT2D eigenvalue weighted by atomic mass is 127. The molecule has 3 rings (SSSR count). The van der Waals surface area contributed by atoms with Gasteiger partial charge in [0.1, 0.15) is 5.01 Å². The molecular weight excluding hydrogens is 511 g/mol. The number of thiazole rings is 1. The molecule has 1 aromatic carbocycles. The fourth-order valence-electron chi connectivity index (χ4n) is 3.26. The van der Waals surface area contributed by atoms with Gasteiger partial charge in [0.05, 0.1) is 6.54 Å². The molecule has 2 aromatic rings. The Balaban J connectivity index is 0.00000320. The molecule has 1 aliphatic heterocycles. The summed E-state index contributed by atoms with van der Waals surface area (Å²) in [7, 11) is 0. The van der Waals surface area contributed by atoms with Crippen LogP contribution in [0.4, 0.5) is 5.69 Å². The third-order valence-corrected chi connectivity index (χ3v) is 5.67. The molecule has 30 heavy (non-hydrogen) atoms. The Bertz CT molecular complexity index is 805. The third kappa shape index (κ3) is 7.42. The molecule has 2 N–H and O–H groups in total. The van der Waals surface area contributed by atoms with Crippen LogP contribution < -0.4 is 15.5 Å². The lowest BCUT2D eigenvalue weighted by atomic mass is 10.2. The fourth-order valence-corrected chi connectivity index (χ4v) is 3.97. The summed E-state index contributed by atoms with van der Waals surface area (Å²) in [5.41, 5.74) is 1.23. The first kappa shape index (κ1) is 24.4. The first-order chi connectivity index (χ1) is 14.2. The summed E-state index contributed by atoms with van der Waals surface area (Å²) in [5.74, 6) is 0.915. The van der Waals surface area contributed by atoms with Crippen LogP contribution in [-0.2, 0) is 11.3 Å². The molecule has 7 nitrogen and oxygen atoms in total. The van der Waals surface area contributed by atoms with Gasteiger partial charge in [-0.25, -0.2) is 9.98 Å². The van der Waals surface area contributed by atoms with Gasteiger partial charge in [0, 0.05) is 62.5 Å². The van der Waals surface area contributed by atoms with Crippen molar-refractivity contribution < 1.29 is 4.79 Å². The van der Waals surface area contributed by atoms with E-state index in [0.29, 0.717) is 19.5 Å². The monoisotopic (exact) mass is 542 g/mol. The number of benzene rings is 1. The van der Waals surface area contributed by atoms with E-state index in [1.54, 1.807) is 11.3 Å². The minimum absolute atomic E-state index is 0. The molecule has 0 unspecified atom stereocenters. The number of piperazine rings is 1. The Morgan fingerprint density at radius 2 is 1.90 bits per heavy atom. The molecule has 0 saturated carbocycles. The van der Waals surface area contributed by atoms with Gasteiger partial charge >= 0.3 is 0 Å². The van der Waals surface area contributed by atoms with Crippen LogP contribution in [0.25, 0.3) is 0 Å². The number of aryl methyl sites for hydroxylation is 1. The Hall–Kier alpha value is -1.88. The number of carbonyl (C=O) groups is 1. The smallest absolute Gasteiger partial charge is 0.224 e. The first-order valence-corrected chi connectivity index (χ1v) is 11.0. The molecule has 0 spiro atoms. The summed E-state index contributed by atoms with van der Waals surface area (Å²) in [6, 6.07) is 10.4. The number of guanidine groups is 1. The van der Waals surface area contributed by atoms with Crippen molar-refractivity contribution in [2.75, 3.05) is 44.2 Å². The third-order valence-electron chi connectivity index (χ3n) is 4.77. The number of nitrogens with one attached hydrogen (secondary N) is 2. The van der Waals surface area contributed by atoms with Crippen LogP contribution in [0.3, 0.4) is 0 Å². The van der Waals surface area contributed by atoms with Crippen molar-refractivity contribution in [1.82, 2.24) is 20.5 Å². The highest BCUT2D eigenvalue weighted by Crippen LogP contribution is 2.16. The maximum atomic E-state index is 12.6. The molecule has 1 amide bonds. The molecule has 0 aliphatic carbocycles. The van der Waals surface area contributed by atoms with Crippen molar-refractivity contribution in [2.24, 2.45) is 4.99 Å². The predicted octanol–water partition coefficient (Wildman–Crippen LogP) is 2.86. The molecule has 0 atom stereocenters. The first-order valence-electron chi connectivity index (χ1n) is 10.2. The lowest BCUT2D eigenvalue weighted by Crippen LogP contribution is -2.49. The van der Waals surface area contributed by atoms with Crippen LogP contribution >= 0.6 is 35.3 Å². The number of anilines is 1. The number of hydrogen-bond donors (Lipinski definition) is 2. The predicted molar refractivity (Wildman–Crippen MR) is 135 cm³/mol. The second-order valence-electron chi connectivity index (χ2n) is 6.94. The van der Waals surface area contributed by atoms with Crippen molar-refractivity contribution in [3.63, 3.8) is 0 Å². The molecular formula is C21H31IN6OS. The summed E-state index contributed by atoms with van der Waals surface area (Å²) < 4.78 is 0. The van der Waals surface area contributed by atoms with E-state index >= 15 is 0 Å². The van der Waals surface area contributed by atoms with E-state index in [-0.39, 0.29) is 29.9 Å². The van der Waals surface area contributed by atoms with E-state index in [1.165, 1.54) is 10.6 Å². The number of halogens is 1. The molecule has 1 saturated heterocycles. The van der Waals surface area contributed by atoms with Crippen molar-refractivity contribution in [2.45, 2.75) is 26.8 Å². The van der Waals surface area contributed by atoms with Gasteiger partial charge < -0.3 is 20.4 Å². The Morgan fingerprint density at radius 1 is 1.17 bits per heavy atom. The molecule has 0 bridgehead atoms. The standard InChI is InChI=1S/C21H30N6OS.HI/c1-3-22-21(25-16-19-24-15-17(2)29-19)23-10-9-20(28)27-13-11-26(12-14-27)18-7-5-4-6-8-18;/h4-8,15H,3,9-14,16H2,1-2H3,(H2,22,23,25);1H. The molecule has 2 heterocycles. The van der Waals surface area contributed by atoms with Crippen LogP contribution in [0.1, 0.15) is 23.2 Å². The van der Waals surface area contributed by atoms with E-state index in [9.17, 15) is 4.79 Å². The normalized spacial score (nSPS) is 14.3. The van der Waals surface area contributed by atoms with E-state index in [4.69, 9.17) is 0 Å². The van der Waals surface area contributed by atoms with Crippen LogP contribution in [0.2, 0.25) is 0 Å². The van der Waals surface area contributed by atoms with Crippen molar-refractivity contribution in [3.05, 3.63) is 46.4 Å². The minimum atomic E-state index is 0. The SMILES string of the molecule is CCNC(=NCc1ncc(C)s1)NCCC(=O)N1CCN(c2ccccc2)CC1.I. The zero-order valence-corrected chi connectivity index (χ0v) is 20.8. The number of rotatable bonds is 7. The van der Waals surface area contributed by atoms with Gasteiger partial charge in [0.25, 0.3) is 0 Å². The zero-order chi connectivity index (χ0) is 20.5. The molecule has 1 aliphatic rings. The van der Waals surface area contributed by atoms with Gasteiger partial charge in [0.2, 0.25) is 5.91 Å². The number of amides is 1. The highest BCUT2D eigenvalue weighted by molar-refractivity contribution is 14.0. The van der Waals surface area contributed by atoms with E-state index in [2.05, 4.69) is 49.8 Å². The maximum absolute atomic E-state index is 12.6. The van der Waals surface area contributed by atoms with Gasteiger partial charge in [-0.05, 0) is 26.0 Å². The number of aromatic nitrogens is 1. The summed E-state index contributed by atoms with van der Waals surface area (Å²) in [6.07, 6.45) is 2.33.